The quantitative estimate of drug-likeness (QED) is 0.457. The van der Waals surface area contributed by atoms with Crippen molar-refractivity contribution < 1.29 is 14.9 Å². The maximum Gasteiger partial charge on any atom is 0.0965 e. The molecule has 17 heavy (non-hydrogen) atoms. The third-order valence-corrected chi connectivity index (χ3v) is 2.41. The van der Waals surface area contributed by atoms with Gasteiger partial charge in [0, 0.05) is 13.2 Å². The third kappa shape index (κ3) is 11.5. The zero-order chi connectivity index (χ0) is 12.9. The van der Waals surface area contributed by atoms with Crippen molar-refractivity contribution in [3.8, 4) is 0 Å². The zero-order valence-electron chi connectivity index (χ0n) is 11.1. The first kappa shape index (κ1) is 16.2. The van der Waals surface area contributed by atoms with E-state index in [0.29, 0.717) is 0 Å². The van der Waals surface area contributed by atoms with Gasteiger partial charge in [0.1, 0.15) is 0 Å². The summed E-state index contributed by atoms with van der Waals surface area (Å²) in [6, 6.07) is 0. The van der Waals surface area contributed by atoms with E-state index in [2.05, 4.69) is 12.2 Å². The second kappa shape index (κ2) is 11.7. The van der Waals surface area contributed by atoms with Gasteiger partial charge in [-0.3, -0.25) is 0 Å². The number of ether oxygens (including phenoxy) is 1. The van der Waals surface area contributed by atoms with Crippen LogP contribution in [0.4, 0.5) is 0 Å². The predicted molar refractivity (Wildman–Crippen MR) is 70.5 cm³/mol. The first-order chi connectivity index (χ1) is 8.20. The Hall–Kier alpha value is -0.800. The Morgan fingerprint density at radius 1 is 0.824 bits per heavy atom. The Kier molecular flexibility index (Phi) is 11.1. The molecule has 0 spiro atoms. The van der Waals surface area contributed by atoms with Crippen molar-refractivity contribution in [2.75, 3.05) is 13.2 Å². The molecule has 0 aliphatic rings. The number of hydrogen-bond donors (Lipinski definition) is 2. The smallest absolute Gasteiger partial charge is 0.0965 e. The van der Waals surface area contributed by atoms with Gasteiger partial charge in [-0.15, -0.1) is 0 Å². The molecule has 100 valence electrons. The molecule has 0 aromatic rings. The van der Waals surface area contributed by atoms with Gasteiger partial charge in [0.05, 0.1) is 11.5 Å². The molecule has 0 aromatic carbocycles. The highest BCUT2D eigenvalue weighted by Gasteiger charge is 1.93. The number of hydrogen-bond acceptors (Lipinski definition) is 3. The van der Waals surface area contributed by atoms with Crippen LogP contribution in [-0.2, 0) is 4.74 Å². The fraction of sp³-hybridized carbons (Fsp3) is 0.714. The largest absolute Gasteiger partial charge is 0.467 e. The molecule has 0 unspecified atom stereocenters. The van der Waals surface area contributed by atoms with E-state index in [1.54, 1.807) is 0 Å². The van der Waals surface area contributed by atoms with Crippen molar-refractivity contribution >= 4 is 0 Å². The maximum absolute atomic E-state index is 8.64. The van der Waals surface area contributed by atoms with Crippen LogP contribution in [0.15, 0.2) is 23.7 Å². The molecule has 0 amide bonds. The first-order valence-electron chi connectivity index (χ1n) is 6.43. The molecule has 0 aliphatic heterocycles. The molecule has 0 aliphatic carbocycles. The molecule has 0 fully saturated rings. The molecule has 2 N–H and O–H groups in total. The van der Waals surface area contributed by atoms with Crippen molar-refractivity contribution in [3.05, 3.63) is 23.7 Å². The molecular weight excluding hydrogens is 216 g/mol. The summed E-state index contributed by atoms with van der Waals surface area (Å²) in [5.74, 6) is 1.83. The molecule has 0 saturated carbocycles. The summed E-state index contributed by atoms with van der Waals surface area (Å²) in [5.41, 5.74) is 0. The Bertz CT molecular complexity index is 208. The lowest BCUT2D eigenvalue weighted by atomic mass is 10.2. The highest BCUT2D eigenvalue weighted by Crippen LogP contribution is 2.09. The molecule has 3 heteroatoms. The predicted octanol–water partition coefficient (Wildman–Crippen LogP) is 3.14. The summed E-state index contributed by atoms with van der Waals surface area (Å²) in [7, 11) is 0. The van der Waals surface area contributed by atoms with E-state index in [1.165, 1.54) is 0 Å². The highest BCUT2D eigenvalue weighted by atomic mass is 16.5. The molecule has 0 atom stereocenters. The van der Waals surface area contributed by atoms with E-state index in [1.807, 2.05) is 13.8 Å². The number of aliphatic hydroxyl groups excluding tert-OH is 2. The topological polar surface area (TPSA) is 49.7 Å². The van der Waals surface area contributed by atoms with E-state index < -0.39 is 0 Å². The summed E-state index contributed by atoms with van der Waals surface area (Å²) >= 11 is 0. The molecule has 0 saturated heterocycles. The van der Waals surface area contributed by atoms with Gasteiger partial charge in [-0.25, -0.2) is 0 Å². The second-order valence-corrected chi connectivity index (χ2v) is 4.17. The Balaban J connectivity index is 3.73. The summed E-state index contributed by atoms with van der Waals surface area (Å²) in [6.07, 6.45) is 9.70. The van der Waals surface area contributed by atoms with Gasteiger partial charge in [-0.05, 0) is 64.5 Å². The molecular formula is C14H26O3. The normalized spacial score (nSPS) is 12.9. The first-order valence-corrected chi connectivity index (χ1v) is 6.43. The van der Waals surface area contributed by atoms with Crippen LogP contribution < -0.4 is 0 Å². The lowest BCUT2D eigenvalue weighted by molar-refractivity contribution is 0.282. The van der Waals surface area contributed by atoms with Gasteiger partial charge in [0.2, 0.25) is 0 Å². The van der Waals surface area contributed by atoms with E-state index in [-0.39, 0.29) is 13.2 Å². The number of allylic oxidation sites excluding steroid dienone is 4. The molecule has 0 radical (unpaired) electrons. The van der Waals surface area contributed by atoms with Gasteiger partial charge in [-0.2, -0.15) is 0 Å². The minimum Gasteiger partial charge on any atom is -0.467 e. The number of aliphatic hydroxyl groups is 2. The standard InChI is InChI=1S/C14H26O3/c1-13(9-5-3-7-11-15)17-14(2)10-6-4-8-12-16/h9-10,15-16H,3-8,11-12H2,1-2H3. The van der Waals surface area contributed by atoms with E-state index in [9.17, 15) is 0 Å². The van der Waals surface area contributed by atoms with Crippen LogP contribution in [0.25, 0.3) is 0 Å². The van der Waals surface area contributed by atoms with Crippen LogP contribution in [-0.4, -0.2) is 23.4 Å². The lowest BCUT2D eigenvalue weighted by Gasteiger charge is -2.06. The Labute approximate surface area is 105 Å². The second-order valence-electron chi connectivity index (χ2n) is 4.17. The van der Waals surface area contributed by atoms with E-state index in [4.69, 9.17) is 14.9 Å². The number of rotatable bonds is 10. The van der Waals surface area contributed by atoms with Crippen LogP contribution >= 0.6 is 0 Å². The Morgan fingerprint density at radius 3 is 1.59 bits per heavy atom. The summed E-state index contributed by atoms with van der Waals surface area (Å²) < 4.78 is 5.61. The number of unbranched alkanes of at least 4 members (excludes halogenated alkanes) is 4. The van der Waals surface area contributed by atoms with Crippen molar-refractivity contribution in [1.29, 1.82) is 0 Å². The molecule has 3 nitrogen and oxygen atoms in total. The van der Waals surface area contributed by atoms with Gasteiger partial charge < -0.3 is 14.9 Å². The summed E-state index contributed by atoms with van der Waals surface area (Å²) in [4.78, 5) is 0. The average Bonchev–Trinajstić information content (AvgIpc) is 2.30. The van der Waals surface area contributed by atoms with Gasteiger partial charge >= 0.3 is 0 Å². The summed E-state index contributed by atoms with van der Waals surface area (Å²) in [6.45, 7) is 4.42. The highest BCUT2D eigenvalue weighted by molar-refractivity contribution is 4.97. The van der Waals surface area contributed by atoms with Crippen LogP contribution in [0.3, 0.4) is 0 Å². The Morgan fingerprint density at radius 2 is 1.24 bits per heavy atom. The fourth-order valence-electron chi connectivity index (χ4n) is 1.46. The monoisotopic (exact) mass is 242 g/mol. The molecule has 0 aromatic heterocycles. The lowest BCUT2D eigenvalue weighted by Crippen LogP contribution is -1.88. The van der Waals surface area contributed by atoms with Crippen LogP contribution in [0.5, 0.6) is 0 Å². The van der Waals surface area contributed by atoms with Crippen LogP contribution in [0.2, 0.25) is 0 Å². The third-order valence-electron chi connectivity index (χ3n) is 2.41. The van der Waals surface area contributed by atoms with Crippen LogP contribution in [0, 0.1) is 0 Å². The molecule has 0 bridgehead atoms. The SMILES string of the molecule is CC(=CCCCCO)OC(C)=CCCCCO. The van der Waals surface area contributed by atoms with Crippen molar-refractivity contribution in [1.82, 2.24) is 0 Å². The van der Waals surface area contributed by atoms with Gasteiger partial charge in [-0.1, -0.05) is 0 Å². The maximum atomic E-state index is 8.64. The average molecular weight is 242 g/mol. The van der Waals surface area contributed by atoms with Crippen molar-refractivity contribution in [2.24, 2.45) is 0 Å². The van der Waals surface area contributed by atoms with E-state index in [0.717, 1.165) is 50.0 Å². The van der Waals surface area contributed by atoms with Crippen LogP contribution in [0.1, 0.15) is 52.4 Å². The minimum absolute atomic E-state index is 0.261. The molecule has 0 heterocycles. The van der Waals surface area contributed by atoms with Crippen molar-refractivity contribution in [2.45, 2.75) is 52.4 Å². The van der Waals surface area contributed by atoms with Crippen molar-refractivity contribution in [3.63, 3.8) is 0 Å². The van der Waals surface area contributed by atoms with E-state index >= 15 is 0 Å². The van der Waals surface area contributed by atoms with Gasteiger partial charge in [0.15, 0.2) is 0 Å². The summed E-state index contributed by atoms with van der Waals surface area (Å²) in [5, 5.41) is 17.3. The zero-order valence-corrected chi connectivity index (χ0v) is 11.1. The molecule has 0 rings (SSSR count). The van der Waals surface area contributed by atoms with Gasteiger partial charge in [0.25, 0.3) is 0 Å². The fourth-order valence-corrected chi connectivity index (χ4v) is 1.46. The minimum atomic E-state index is 0.261.